The Labute approximate surface area is 142 Å². The minimum atomic E-state index is -0.175. The van der Waals surface area contributed by atoms with E-state index in [1.54, 1.807) is 4.90 Å². The quantitative estimate of drug-likeness (QED) is 0.937. The maximum absolute atomic E-state index is 12.4. The van der Waals surface area contributed by atoms with Gasteiger partial charge in [-0.05, 0) is 54.7 Å². The SMILES string of the molecule is CCc1cc(NC(=O)CN2C(=O)CCc3ccccc32)ccc1C. The number of amides is 2. The van der Waals surface area contributed by atoms with E-state index in [-0.39, 0.29) is 18.4 Å². The number of carbonyl (C=O) groups excluding carboxylic acids is 2. The van der Waals surface area contributed by atoms with Gasteiger partial charge in [-0.2, -0.15) is 0 Å². The van der Waals surface area contributed by atoms with E-state index >= 15 is 0 Å². The van der Waals surface area contributed by atoms with Crippen LogP contribution in [0.5, 0.6) is 0 Å². The van der Waals surface area contributed by atoms with E-state index in [4.69, 9.17) is 0 Å². The summed E-state index contributed by atoms with van der Waals surface area (Å²) in [6.07, 6.45) is 2.12. The summed E-state index contributed by atoms with van der Waals surface area (Å²) in [6.45, 7) is 4.20. The molecule has 1 N–H and O–H groups in total. The van der Waals surface area contributed by atoms with Crippen molar-refractivity contribution in [2.45, 2.75) is 33.1 Å². The van der Waals surface area contributed by atoms with Crippen LogP contribution in [-0.2, 0) is 22.4 Å². The molecule has 2 amide bonds. The zero-order valence-electron chi connectivity index (χ0n) is 14.1. The molecule has 1 aliphatic rings. The number of anilines is 2. The van der Waals surface area contributed by atoms with Crippen molar-refractivity contribution in [2.75, 3.05) is 16.8 Å². The molecule has 1 aliphatic heterocycles. The van der Waals surface area contributed by atoms with E-state index in [9.17, 15) is 9.59 Å². The minimum absolute atomic E-state index is 0.00185. The zero-order valence-corrected chi connectivity index (χ0v) is 14.1. The third kappa shape index (κ3) is 3.32. The first-order chi connectivity index (χ1) is 11.6. The molecule has 0 aliphatic carbocycles. The molecule has 2 aromatic rings. The van der Waals surface area contributed by atoms with Gasteiger partial charge in [0, 0.05) is 17.8 Å². The summed E-state index contributed by atoms with van der Waals surface area (Å²) in [6, 6.07) is 13.7. The Kier molecular flexibility index (Phi) is 4.65. The molecular formula is C20H22N2O2. The smallest absolute Gasteiger partial charge is 0.244 e. The fraction of sp³-hybridized carbons (Fsp3) is 0.300. The van der Waals surface area contributed by atoms with Gasteiger partial charge < -0.3 is 10.2 Å². The predicted molar refractivity (Wildman–Crippen MR) is 96.3 cm³/mol. The average Bonchev–Trinajstić information content (AvgIpc) is 2.59. The molecule has 0 radical (unpaired) electrons. The Morgan fingerprint density at radius 1 is 1.17 bits per heavy atom. The Morgan fingerprint density at radius 2 is 1.96 bits per heavy atom. The van der Waals surface area contributed by atoms with Gasteiger partial charge in [-0.15, -0.1) is 0 Å². The van der Waals surface area contributed by atoms with Crippen molar-refractivity contribution in [1.29, 1.82) is 0 Å². The van der Waals surface area contributed by atoms with Crippen LogP contribution in [-0.4, -0.2) is 18.4 Å². The van der Waals surface area contributed by atoms with Crippen molar-refractivity contribution in [3.05, 3.63) is 59.2 Å². The Balaban J connectivity index is 1.74. The topological polar surface area (TPSA) is 49.4 Å². The summed E-state index contributed by atoms with van der Waals surface area (Å²) in [5.41, 5.74) is 5.18. The van der Waals surface area contributed by atoms with Crippen LogP contribution in [0.4, 0.5) is 11.4 Å². The molecule has 124 valence electrons. The highest BCUT2D eigenvalue weighted by Crippen LogP contribution is 2.27. The number of hydrogen-bond donors (Lipinski definition) is 1. The minimum Gasteiger partial charge on any atom is -0.325 e. The highest BCUT2D eigenvalue weighted by Gasteiger charge is 2.25. The second-order valence-corrected chi connectivity index (χ2v) is 6.15. The first-order valence-corrected chi connectivity index (χ1v) is 8.36. The predicted octanol–water partition coefficient (Wildman–Crippen LogP) is 3.48. The summed E-state index contributed by atoms with van der Waals surface area (Å²) in [7, 11) is 0. The second-order valence-electron chi connectivity index (χ2n) is 6.15. The lowest BCUT2D eigenvalue weighted by Gasteiger charge is -2.28. The molecule has 2 aromatic carbocycles. The molecule has 0 atom stereocenters. The third-order valence-corrected chi connectivity index (χ3v) is 4.51. The summed E-state index contributed by atoms with van der Waals surface area (Å²) >= 11 is 0. The molecule has 0 bridgehead atoms. The van der Waals surface area contributed by atoms with Gasteiger partial charge in [0.2, 0.25) is 11.8 Å². The first kappa shape index (κ1) is 16.2. The lowest BCUT2D eigenvalue weighted by Crippen LogP contribution is -2.40. The Bertz CT molecular complexity index is 783. The molecule has 0 fully saturated rings. The molecule has 0 unspecified atom stereocenters. The van der Waals surface area contributed by atoms with E-state index in [1.165, 1.54) is 11.1 Å². The van der Waals surface area contributed by atoms with Crippen molar-refractivity contribution < 1.29 is 9.59 Å². The normalized spacial score (nSPS) is 13.6. The maximum Gasteiger partial charge on any atom is 0.244 e. The van der Waals surface area contributed by atoms with Gasteiger partial charge in [-0.3, -0.25) is 9.59 Å². The van der Waals surface area contributed by atoms with Gasteiger partial charge in [-0.1, -0.05) is 31.2 Å². The largest absolute Gasteiger partial charge is 0.325 e. The second kappa shape index (κ2) is 6.87. The van der Waals surface area contributed by atoms with Crippen LogP contribution < -0.4 is 10.2 Å². The van der Waals surface area contributed by atoms with E-state index in [1.807, 2.05) is 42.5 Å². The van der Waals surface area contributed by atoms with Crippen LogP contribution >= 0.6 is 0 Å². The van der Waals surface area contributed by atoms with Crippen molar-refractivity contribution in [3.63, 3.8) is 0 Å². The van der Waals surface area contributed by atoms with Crippen molar-refractivity contribution in [2.24, 2.45) is 0 Å². The lowest BCUT2D eigenvalue weighted by molar-refractivity contribution is -0.121. The first-order valence-electron chi connectivity index (χ1n) is 8.36. The molecule has 0 saturated carbocycles. The fourth-order valence-electron chi connectivity index (χ4n) is 3.14. The zero-order chi connectivity index (χ0) is 17.1. The molecule has 4 heteroatoms. The number of benzene rings is 2. The van der Waals surface area contributed by atoms with Gasteiger partial charge in [0.1, 0.15) is 6.54 Å². The van der Waals surface area contributed by atoms with Crippen LogP contribution in [0.3, 0.4) is 0 Å². The number of nitrogens with one attached hydrogen (secondary N) is 1. The maximum atomic E-state index is 12.4. The van der Waals surface area contributed by atoms with Crippen LogP contribution in [0, 0.1) is 6.92 Å². The van der Waals surface area contributed by atoms with Gasteiger partial charge in [-0.25, -0.2) is 0 Å². The van der Waals surface area contributed by atoms with Gasteiger partial charge >= 0.3 is 0 Å². The number of fused-ring (bicyclic) bond motifs is 1. The van der Waals surface area contributed by atoms with E-state index in [0.717, 1.165) is 29.8 Å². The number of rotatable bonds is 4. The van der Waals surface area contributed by atoms with Gasteiger partial charge in [0.15, 0.2) is 0 Å². The monoisotopic (exact) mass is 322 g/mol. The molecule has 24 heavy (non-hydrogen) atoms. The summed E-state index contributed by atoms with van der Waals surface area (Å²) < 4.78 is 0. The summed E-state index contributed by atoms with van der Waals surface area (Å²) in [4.78, 5) is 26.2. The number of hydrogen-bond acceptors (Lipinski definition) is 2. The fourth-order valence-corrected chi connectivity index (χ4v) is 3.14. The average molecular weight is 322 g/mol. The molecule has 0 saturated heterocycles. The number of nitrogens with zero attached hydrogens (tertiary/aromatic N) is 1. The molecule has 3 rings (SSSR count). The van der Waals surface area contributed by atoms with Crippen LogP contribution in [0.2, 0.25) is 0 Å². The summed E-state index contributed by atoms with van der Waals surface area (Å²) in [5.74, 6) is -0.173. The number of carbonyl (C=O) groups is 2. The molecule has 0 spiro atoms. The van der Waals surface area contributed by atoms with Gasteiger partial charge in [0.25, 0.3) is 0 Å². The van der Waals surface area contributed by atoms with Crippen LogP contribution in [0.25, 0.3) is 0 Å². The van der Waals surface area contributed by atoms with E-state index < -0.39 is 0 Å². The van der Waals surface area contributed by atoms with Crippen LogP contribution in [0.1, 0.15) is 30.0 Å². The van der Waals surface area contributed by atoms with Crippen molar-refractivity contribution in [1.82, 2.24) is 0 Å². The Morgan fingerprint density at radius 3 is 2.75 bits per heavy atom. The van der Waals surface area contributed by atoms with Crippen molar-refractivity contribution >= 4 is 23.2 Å². The highest BCUT2D eigenvalue weighted by atomic mass is 16.2. The highest BCUT2D eigenvalue weighted by molar-refractivity contribution is 6.04. The summed E-state index contributed by atoms with van der Waals surface area (Å²) in [5, 5.41) is 2.91. The number of para-hydroxylation sites is 1. The standard InChI is InChI=1S/C20H22N2O2/c1-3-15-12-17(10-8-14(15)2)21-19(23)13-22-18-7-5-4-6-16(18)9-11-20(22)24/h4-8,10,12H,3,9,11,13H2,1-2H3,(H,21,23). The number of aryl methyl sites for hydroxylation is 3. The van der Waals surface area contributed by atoms with Crippen molar-refractivity contribution in [3.8, 4) is 0 Å². The van der Waals surface area contributed by atoms with E-state index in [2.05, 4.69) is 19.2 Å². The third-order valence-electron chi connectivity index (χ3n) is 4.51. The molecule has 0 aromatic heterocycles. The molecular weight excluding hydrogens is 300 g/mol. The molecule has 4 nitrogen and oxygen atoms in total. The molecule has 1 heterocycles. The lowest BCUT2D eigenvalue weighted by atomic mass is 10.0. The van der Waals surface area contributed by atoms with E-state index in [0.29, 0.717) is 6.42 Å². The van der Waals surface area contributed by atoms with Crippen LogP contribution in [0.15, 0.2) is 42.5 Å². The Hall–Kier alpha value is -2.62. The van der Waals surface area contributed by atoms with Gasteiger partial charge in [0.05, 0.1) is 0 Å².